The molecule has 7 nitrogen and oxygen atoms in total. The molecule has 1 aromatic heterocycles. The summed E-state index contributed by atoms with van der Waals surface area (Å²) < 4.78 is 28.8. The topological polar surface area (TPSA) is 84.3 Å². The van der Waals surface area contributed by atoms with Crippen molar-refractivity contribution in [1.82, 2.24) is 20.0 Å². The van der Waals surface area contributed by atoms with Crippen molar-refractivity contribution in [3.8, 4) is 11.1 Å². The molecule has 9 heteroatoms. The van der Waals surface area contributed by atoms with Gasteiger partial charge in [-0.1, -0.05) is 36.4 Å². The summed E-state index contributed by atoms with van der Waals surface area (Å²) in [6, 6.07) is 12.0. The molecule has 170 valence electrons. The Morgan fingerprint density at radius 3 is 2.45 bits per heavy atom. The summed E-state index contributed by atoms with van der Waals surface area (Å²) in [7, 11) is 1.85. The van der Waals surface area contributed by atoms with Crippen LogP contribution >= 0.6 is 0 Å². The van der Waals surface area contributed by atoms with E-state index in [2.05, 4.69) is 10.4 Å². The number of halogens is 2. The fourth-order valence-corrected chi connectivity index (χ4v) is 4.69. The number of hydrogen-bond donors (Lipinski definition) is 1. The minimum Gasteiger partial charge on any atom is -0.323 e. The van der Waals surface area contributed by atoms with Crippen LogP contribution in [0.25, 0.3) is 22.0 Å². The van der Waals surface area contributed by atoms with Gasteiger partial charge in [0.1, 0.15) is 5.54 Å². The number of carbonyl (C=O) groups excluding carboxylic acids is 3. The largest absolute Gasteiger partial charge is 0.325 e. The third kappa shape index (κ3) is 3.67. The van der Waals surface area contributed by atoms with Gasteiger partial charge in [-0.3, -0.25) is 19.2 Å². The maximum Gasteiger partial charge on any atom is 0.325 e. The van der Waals surface area contributed by atoms with Gasteiger partial charge in [-0.2, -0.15) is 5.10 Å². The number of fused-ring (bicyclic) bond motifs is 1. The minimum absolute atomic E-state index is 0.135. The van der Waals surface area contributed by atoms with E-state index in [0.29, 0.717) is 5.56 Å². The molecule has 3 amide bonds. The zero-order valence-electron chi connectivity index (χ0n) is 18.0. The molecule has 0 radical (unpaired) electrons. The number of Topliss-reactive ketones (excluding diaryl/α,β-unsaturated/α-hetero) is 1. The molecule has 1 saturated carbocycles. The normalized spacial score (nSPS) is 19.3. The molecule has 1 N–H and O–H groups in total. The Labute approximate surface area is 188 Å². The number of urea groups is 1. The number of aromatic nitrogens is 2. The molecule has 1 spiro atoms. The Kier molecular flexibility index (Phi) is 4.81. The van der Waals surface area contributed by atoms with Gasteiger partial charge in [0, 0.05) is 37.0 Å². The summed E-state index contributed by atoms with van der Waals surface area (Å²) in [6.45, 7) is -0.430. The molecule has 2 aliphatic rings. The minimum atomic E-state index is -2.83. The van der Waals surface area contributed by atoms with Crippen LogP contribution in [0.1, 0.15) is 36.0 Å². The molecule has 5 rings (SSSR count). The fourth-order valence-electron chi connectivity index (χ4n) is 4.69. The average molecular weight is 452 g/mol. The van der Waals surface area contributed by atoms with Crippen LogP contribution in [0.15, 0.2) is 48.7 Å². The molecular weight excluding hydrogens is 430 g/mol. The second-order valence-corrected chi connectivity index (χ2v) is 8.80. The first-order valence-electron chi connectivity index (χ1n) is 10.8. The van der Waals surface area contributed by atoms with Gasteiger partial charge >= 0.3 is 6.03 Å². The average Bonchev–Trinajstić information content (AvgIpc) is 3.28. The predicted octanol–water partition coefficient (Wildman–Crippen LogP) is 3.92. The van der Waals surface area contributed by atoms with Crippen LogP contribution in [0.2, 0.25) is 0 Å². The third-order valence-electron chi connectivity index (χ3n) is 6.57. The summed E-state index contributed by atoms with van der Waals surface area (Å²) in [6.07, 6.45) is 0.726. The summed E-state index contributed by atoms with van der Waals surface area (Å²) in [5, 5.41) is 7.95. The zero-order valence-corrected chi connectivity index (χ0v) is 18.0. The highest BCUT2D eigenvalue weighted by Gasteiger charge is 2.55. The molecular formula is C24H22F2N4O3. The highest BCUT2D eigenvalue weighted by atomic mass is 19.3. The van der Waals surface area contributed by atoms with E-state index in [9.17, 15) is 23.2 Å². The van der Waals surface area contributed by atoms with E-state index in [-0.39, 0.29) is 12.8 Å². The lowest BCUT2D eigenvalue weighted by Crippen LogP contribution is -2.51. The molecule has 1 aliphatic heterocycles. The van der Waals surface area contributed by atoms with Gasteiger partial charge in [0.25, 0.3) is 5.91 Å². The molecule has 2 fully saturated rings. The molecule has 0 atom stereocenters. The summed E-state index contributed by atoms with van der Waals surface area (Å²) >= 11 is 0. The number of carbonyl (C=O) groups is 3. The number of benzene rings is 2. The first kappa shape index (κ1) is 21.2. The monoisotopic (exact) mass is 452 g/mol. The summed E-state index contributed by atoms with van der Waals surface area (Å²) in [4.78, 5) is 38.9. The van der Waals surface area contributed by atoms with Crippen molar-refractivity contribution in [2.24, 2.45) is 7.05 Å². The number of imide groups is 1. The Morgan fingerprint density at radius 2 is 1.76 bits per heavy atom. The Bertz CT molecular complexity index is 1270. The van der Waals surface area contributed by atoms with Gasteiger partial charge in [0.05, 0.1) is 12.1 Å². The van der Waals surface area contributed by atoms with E-state index in [4.69, 9.17) is 0 Å². The standard InChI is InChI=1S/C24H22F2N4O3/c1-29-13-18-17(3-2-4-19(18)28-29)15-5-7-16(8-6-15)20(31)14-30-21(32)23(27-22(30)33)9-11-24(25,26)12-10-23/h2-8,13H,9-12,14H2,1H3,(H,27,33). The number of alkyl halides is 2. The third-order valence-corrected chi connectivity index (χ3v) is 6.57. The van der Waals surface area contributed by atoms with E-state index in [1.165, 1.54) is 0 Å². The van der Waals surface area contributed by atoms with Gasteiger partial charge in [0.2, 0.25) is 5.92 Å². The summed E-state index contributed by atoms with van der Waals surface area (Å²) in [5.41, 5.74) is 1.77. The number of ketones is 1. The number of rotatable bonds is 4. The van der Waals surface area contributed by atoms with Gasteiger partial charge in [0.15, 0.2) is 5.78 Å². The molecule has 2 aromatic carbocycles. The van der Waals surface area contributed by atoms with Crippen molar-refractivity contribution < 1.29 is 23.2 Å². The zero-order chi connectivity index (χ0) is 23.4. The number of hydrogen-bond acceptors (Lipinski definition) is 4. The van der Waals surface area contributed by atoms with Crippen molar-refractivity contribution >= 4 is 28.6 Å². The smallest absolute Gasteiger partial charge is 0.323 e. The Balaban J connectivity index is 1.32. The van der Waals surface area contributed by atoms with Crippen LogP contribution < -0.4 is 5.32 Å². The van der Waals surface area contributed by atoms with Crippen molar-refractivity contribution in [3.05, 3.63) is 54.2 Å². The van der Waals surface area contributed by atoms with Crippen LogP contribution in [0.5, 0.6) is 0 Å². The van der Waals surface area contributed by atoms with Crippen LogP contribution in [0.4, 0.5) is 13.6 Å². The molecule has 33 heavy (non-hydrogen) atoms. The first-order valence-corrected chi connectivity index (χ1v) is 10.8. The van der Waals surface area contributed by atoms with Gasteiger partial charge < -0.3 is 5.32 Å². The molecule has 2 heterocycles. The van der Waals surface area contributed by atoms with Crippen molar-refractivity contribution in [1.29, 1.82) is 0 Å². The molecule has 0 unspecified atom stereocenters. The highest BCUT2D eigenvalue weighted by Crippen LogP contribution is 2.41. The maximum absolute atomic E-state index is 13.5. The second kappa shape index (κ2) is 7.47. The molecule has 1 aliphatic carbocycles. The summed E-state index contributed by atoms with van der Waals surface area (Å²) in [5.74, 6) is -3.83. The van der Waals surface area contributed by atoms with E-state index >= 15 is 0 Å². The molecule has 0 bridgehead atoms. The van der Waals surface area contributed by atoms with E-state index < -0.39 is 48.6 Å². The van der Waals surface area contributed by atoms with Crippen LogP contribution in [-0.4, -0.2) is 50.4 Å². The van der Waals surface area contributed by atoms with Crippen molar-refractivity contribution in [2.45, 2.75) is 37.1 Å². The number of amides is 3. The fraction of sp³-hybridized carbons (Fsp3) is 0.333. The number of nitrogens with one attached hydrogen (secondary N) is 1. The van der Waals surface area contributed by atoms with Crippen molar-refractivity contribution in [2.75, 3.05) is 6.54 Å². The number of aryl methyl sites for hydroxylation is 1. The Hall–Kier alpha value is -3.62. The number of nitrogens with zero attached hydrogens (tertiary/aromatic N) is 3. The maximum atomic E-state index is 13.5. The van der Waals surface area contributed by atoms with E-state index in [0.717, 1.165) is 26.9 Å². The van der Waals surface area contributed by atoms with E-state index in [1.54, 1.807) is 16.8 Å². The Morgan fingerprint density at radius 1 is 1.06 bits per heavy atom. The SMILES string of the molecule is Cn1cc2c(-c3ccc(C(=O)CN4C(=O)NC5(CCC(F)(F)CC5)C4=O)cc3)cccc2n1. The van der Waals surface area contributed by atoms with Crippen LogP contribution in [0, 0.1) is 0 Å². The van der Waals surface area contributed by atoms with E-state index in [1.807, 2.05) is 43.6 Å². The van der Waals surface area contributed by atoms with Crippen molar-refractivity contribution in [3.63, 3.8) is 0 Å². The lowest BCUT2D eigenvalue weighted by atomic mass is 9.80. The van der Waals surface area contributed by atoms with Gasteiger partial charge in [-0.25, -0.2) is 13.6 Å². The lowest BCUT2D eigenvalue weighted by Gasteiger charge is -2.34. The van der Waals surface area contributed by atoms with Crippen LogP contribution in [-0.2, 0) is 11.8 Å². The molecule has 1 saturated heterocycles. The van der Waals surface area contributed by atoms with Gasteiger partial charge in [-0.15, -0.1) is 0 Å². The highest BCUT2D eigenvalue weighted by molar-refractivity contribution is 6.11. The predicted molar refractivity (Wildman–Crippen MR) is 117 cm³/mol. The second-order valence-electron chi connectivity index (χ2n) is 8.80. The quantitative estimate of drug-likeness (QED) is 0.480. The first-order chi connectivity index (χ1) is 15.7. The van der Waals surface area contributed by atoms with Gasteiger partial charge in [-0.05, 0) is 30.0 Å². The van der Waals surface area contributed by atoms with Crippen LogP contribution in [0.3, 0.4) is 0 Å². The molecule has 3 aromatic rings. The lowest BCUT2D eigenvalue weighted by molar-refractivity contribution is -0.135.